The van der Waals surface area contributed by atoms with Crippen molar-refractivity contribution in [2.45, 2.75) is 25.8 Å². The number of carbonyl (C=O) groups is 1. The molecule has 5 nitrogen and oxygen atoms in total. The van der Waals surface area contributed by atoms with Gasteiger partial charge in [0.1, 0.15) is 11.4 Å². The smallest absolute Gasteiger partial charge is 0.272 e. The van der Waals surface area contributed by atoms with Gasteiger partial charge in [0, 0.05) is 12.7 Å². The van der Waals surface area contributed by atoms with Gasteiger partial charge >= 0.3 is 0 Å². The van der Waals surface area contributed by atoms with E-state index in [1.807, 2.05) is 35.2 Å². The molecule has 1 aliphatic heterocycles. The Labute approximate surface area is 146 Å². The fourth-order valence-electron chi connectivity index (χ4n) is 3.53. The Morgan fingerprint density at radius 1 is 1.16 bits per heavy atom. The largest absolute Gasteiger partial charge is 0.330 e. The summed E-state index contributed by atoms with van der Waals surface area (Å²) in [5.74, 6) is 0.000402. The van der Waals surface area contributed by atoms with Crippen LogP contribution in [0.15, 0.2) is 54.7 Å². The predicted molar refractivity (Wildman–Crippen MR) is 96.0 cm³/mol. The molecular weight excluding hydrogens is 312 g/mol. The zero-order valence-electron chi connectivity index (χ0n) is 14.1. The van der Waals surface area contributed by atoms with Crippen molar-refractivity contribution in [3.05, 3.63) is 71.5 Å². The fraction of sp³-hybridized carbons (Fsp3) is 0.250. The van der Waals surface area contributed by atoms with Crippen LogP contribution in [0.1, 0.15) is 40.5 Å². The van der Waals surface area contributed by atoms with E-state index >= 15 is 0 Å². The van der Waals surface area contributed by atoms with Gasteiger partial charge in [-0.05, 0) is 49.1 Å². The standard InChI is InChI=1S/C20H20N4O/c1-14-7-2-3-8-15(14)19-10-6-12-24(19)20(25)18-13-17(22-23-18)16-9-4-5-11-21-16/h2-5,7-9,11,13,19H,6,10,12H2,1H3,(H,22,23)/t19-/m0/s1. The number of nitrogens with zero attached hydrogens (tertiary/aromatic N) is 3. The number of rotatable bonds is 3. The first-order chi connectivity index (χ1) is 12.2. The molecule has 1 fully saturated rings. The van der Waals surface area contributed by atoms with Crippen LogP contribution >= 0.6 is 0 Å². The number of carbonyl (C=O) groups excluding carboxylic acids is 1. The molecule has 1 aliphatic rings. The minimum atomic E-state index is 0.000402. The van der Waals surface area contributed by atoms with Gasteiger partial charge in [0.15, 0.2) is 0 Å². The molecule has 0 aliphatic carbocycles. The molecule has 25 heavy (non-hydrogen) atoms. The quantitative estimate of drug-likeness (QED) is 0.794. The maximum atomic E-state index is 13.0. The van der Waals surface area contributed by atoms with E-state index in [1.165, 1.54) is 11.1 Å². The van der Waals surface area contributed by atoms with Crippen LogP contribution in [-0.2, 0) is 0 Å². The summed E-state index contributed by atoms with van der Waals surface area (Å²) < 4.78 is 0. The lowest BCUT2D eigenvalue weighted by Gasteiger charge is -2.25. The molecule has 1 aromatic carbocycles. The average Bonchev–Trinajstić information content (AvgIpc) is 3.32. The van der Waals surface area contributed by atoms with Gasteiger partial charge in [-0.15, -0.1) is 0 Å². The summed E-state index contributed by atoms with van der Waals surface area (Å²) >= 11 is 0. The van der Waals surface area contributed by atoms with E-state index in [0.29, 0.717) is 11.4 Å². The highest BCUT2D eigenvalue weighted by atomic mass is 16.2. The molecule has 2 aromatic heterocycles. The van der Waals surface area contributed by atoms with Gasteiger partial charge in [0.05, 0.1) is 11.7 Å². The van der Waals surface area contributed by atoms with Crippen LogP contribution in [0, 0.1) is 6.92 Å². The summed E-state index contributed by atoms with van der Waals surface area (Å²) in [5, 5.41) is 7.15. The van der Waals surface area contributed by atoms with Crippen molar-refractivity contribution < 1.29 is 4.79 Å². The number of pyridine rings is 1. The molecule has 0 radical (unpaired) electrons. The van der Waals surface area contributed by atoms with Crippen molar-refractivity contribution in [2.75, 3.05) is 6.54 Å². The lowest BCUT2D eigenvalue weighted by Crippen LogP contribution is -2.31. The van der Waals surface area contributed by atoms with Gasteiger partial charge in [-0.1, -0.05) is 30.3 Å². The number of aromatic nitrogens is 3. The van der Waals surface area contributed by atoms with Crippen molar-refractivity contribution in [3.8, 4) is 11.4 Å². The van der Waals surface area contributed by atoms with Gasteiger partial charge in [-0.3, -0.25) is 14.9 Å². The first-order valence-electron chi connectivity index (χ1n) is 8.57. The van der Waals surface area contributed by atoms with Crippen molar-refractivity contribution in [3.63, 3.8) is 0 Å². The first-order valence-corrected chi connectivity index (χ1v) is 8.57. The molecule has 0 bridgehead atoms. The third kappa shape index (κ3) is 2.93. The third-order valence-electron chi connectivity index (χ3n) is 4.80. The second-order valence-electron chi connectivity index (χ2n) is 6.39. The van der Waals surface area contributed by atoms with Crippen LogP contribution in [-0.4, -0.2) is 32.5 Å². The second-order valence-corrected chi connectivity index (χ2v) is 6.39. The molecule has 1 N–H and O–H groups in total. The van der Waals surface area contributed by atoms with Crippen LogP contribution in [0.5, 0.6) is 0 Å². The van der Waals surface area contributed by atoms with Crippen LogP contribution in [0.3, 0.4) is 0 Å². The van der Waals surface area contributed by atoms with Crippen LogP contribution in [0.2, 0.25) is 0 Å². The Hall–Kier alpha value is -2.95. The van der Waals surface area contributed by atoms with Crippen LogP contribution in [0.25, 0.3) is 11.4 Å². The molecule has 1 atom stereocenters. The summed E-state index contributed by atoms with van der Waals surface area (Å²) in [6.45, 7) is 2.88. The summed E-state index contributed by atoms with van der Waals surface area (Å²) in [6.07, 6.45) is 3.74. The van der Waals surface area contributed by atoms with Gasteiger partial charge in [0.25, 0.3) is 5.91 Å². The van der Waals surface area contributed by atoms with E-state index < -0.39 is 0 Å². The fourth-order valence-corrected chi connectivity index (χ4v) is 3.53. The maximum absolute atomic E-state index is 13.0. The lowest BCUT2D eigenvalue weighted by molar-refractivity contribution is 0.0729. The molecule has 5 heteroatoms. The number of aromatic amines is 1. The topological polar surface area (TPSA) is 61.9 Å². The third-order valence-corrected chi connectivity index (χ3v) is 4.80. The Kier molecular flexibility index (Phi) is 4.06. The molecule has 3 aromatic rings. The zero-order valence-corrected chi connectivity index (χ0v) is 14.1. The second kappa shape index (κ2) is 6.51. The van der Waals surface area contributed by atoms with Crippen LogP contribution in [0.4, 0.5) is 0 Å². The Morgan fingerprint density at radius 2 is 2.00 bits per heavy atom. The number of H-pyrrole nitrogens is 1. The van der Waals surface area contributed by atoms with E-state index in [4.69, 9.17) is 0 Å². The number of likely N-dealkylation sites (tertiary alicyclic amines) is 1. The normalized spacial score (nSPS) is 17.0. The highest BCUT2D eigenvalue weighted by molar-refractivity contribution is 5.93. The minimum absolute atomic E-state index is 0.000402. The molecule has 1 amide bonds. The molecule has 0 spiro atoms. The average molecular weight is 332 g/mol. The van der Waals surface area contributed by atoms with Gasteiger partial charge < -0.3 is 4.90 Å². The number of benzene rings is 1. The van der Waals surface area contributed by atoms with Crippen molar-refractivity contribution in [2.24, 2.45) is 0 Å². The van der Waals surface area contributed by atoms with E-state index in [1.54, 1.807) is 12.3 Å². The first kappa shape index (κ1) is 15.6. The molecule has 4 rings (SSSR count). The molecule has 0 saturated carbocycles. The van der Waals surface area contributed by atoms with Crippen LogP contribution < -0.4 is 0 Å². The summed E-state index contributed by atoms with van der Waals surface area (Å²) in [5.41, 5.74) is 4.43. The maximum Gasteiger partial charge on any atom is 0.272 e. The molecular formula is C20H20N4O. The monoisotopic (exact) mass is 332 g/mol. The highest BCUT2D eigenvalue weighted by Crippen LogP contribution is 2.34. The Balaban J connectivity index is 1.60. The van der Waals surface area contributed by atoms with E-state index in [2.05, 4.69) is 34.2 Å². The number of hydrogen-bond donors (Lipinski definition) is 1. The minimum Gasteiger partial charge on any atom is -0.330 e. The molecule has 3 heterocycles. The van der Waals surface area contributed by atoms with E-state index in [9.17, 15) is 4.79 Å². The lowest BCUT2D eigenvalue weighted by atomic mass is 9.99. The number of hydrogen-bond acceptors (Lipinski definition) is 3. The molecule has 0 unspecified atom stereocenters. The van der Waals surface area contributed by atoms with Gasteiger partial charge in [0.2, 0.25) is 0 Å². The van der Waals surface area contributed by atoms with Crippen molar-refractivity contribution in [1.82, 2.24) is 20.1 Å². The number of nitrogens with one attached hydrogen (secondary N) is 1. The summed E-state index contributed by atoms with van der Waals surface area (Å²) in [4.78, 5) is 19.3. The SMILES string of the molecule is Cc1ccccc1[C@@H]1CCCN1C(=O)c1cc(-c2ccccn2)n[nH]1. The predicted octanol–water partition coefficient (Wildman–Crippen LogP) is 3.76. The Morgan fingerprint density at radius 3 is 2.80 bits per heavy atom. The highest BCUT2D eigenvalue weighted by Gasteiger charge is 2.32. The van der Waals surface area contributed by atoms with Gasteiger partial charge in [-0.2, -0.15) is 5.10 Å². The van der Waals surface area contributed by atoms with Crippen molar-refractivity contribution >= 4 is 5.91 Å². The zero-order chi connectivity index (χ0) is 17.2. The summed E-state index contributed by atoms with van der Waals surface area (Å²) in [6, 6.07) is 15.9. The Bertz CT molecular complexity index is 887. The van der Waals surface area contributed by atoms with Gasteiger partial charge in [-0.25, -0.2) is 0 Å². The van der Waals surface area contributed by atoms with E-state index in [-0.39, 0.29) is 11.9 Å². The van der Waals surface area contributed by atoms with Crippen molar-refractivity contribution in [1.29, 1.82) is 0 Å². The number of aryl methyl sites for hydroxylation is 1. The molecule has 1 saturated heterocycles. The van der Waals surface area contributed by atoms with E-state index in [0.717, 1.165) is 25.1 Å². The summed E-state index contributed by atoms with van der Waals surface area (Å²) in [7, 11) is 0. The number of amides is 1. The molecule has 126 valence electrons.